The molecule has 0 unspecified atom stereocenters. The third-order valence-corrected chi connectivity index (χ3v) is 8.69. The van der Waals surface area contributed by atoms with Gasteiger partial charge < -0.3 is 55.2 Å². The smallest absolute Gasteiger partial charge is 0.408 e. The van der Waals surface area contributed by atoms with E-state index in [4.69, 9.17) is 24.7 Å². The second-order valence-electron chi connectivity index (χ2n) is 17.0. The van der Waals surface area contributed by atoms with E-state index in [9.17, 15) is 33.9 Å². The molecule has 0 aliphatic carbocycles. The molecular weight excluding hydrogens is 900 g/mol. The lowest BCUT2D eigenvalue weighted by molar-refractivity contribution is -0.144. The van der Waals surface area contributed by atoms with Gasteiger partial charge in [0.2, 0.25) is 5.91 Å². The molecule has 68 heavy (non-hydrogen) atoms. The van der Waals surface area contributed by atoms with E-state index in [0.29, 0.717) is 11.5 Å². The SMILES string of the molecule is CC(C)(C)Oc1ccc(C[C@H](NC(=O)OCc2ccccc2)C(=O)O)cc1.COC(=O)[C@H](C)N.COC(=O)[C@H](C)NC(=O)[C@H](Cc1ccc(OC(C)(C)C)cc1)NC(=O)OCc1ccccc1.Cl. The standard InChI is InChI=1S/C25H32N2O6.C21H25NO5.C4H9NO2.ClH/c1-17(23(29)31-5)26-22(28)21(27-24(30)32-16-19-9-7-6-8-10-19)15-18-11-13-20(14-12-18)33-25(2,3)4;1-21(2,3)27-17-11-9-15(10-12-17)13-18(19(23)24)22-20(25)26-14-16-7-5-4-6-8-16;1-3(5)4(6)7-2;/h6-14,17,21H,15-16H2,1-5H3,(H,26,28)(H,27,30);4-12,18H,13-14H2,1-3H3,(H,22,25)(H,23,24);3H,5H2,1-2H3;1H/t17-,21-;18-;3-;/m000./s1. The lowest BCUT2D eigenvalue weighted by Crippen LogP contribution is -2.52. The summed E-state index contributed by atoms with van der Waals surface area (Å²) in [5.74, 6) is -1.21. The zero-order chi connectivity index (χ0) is 50.2. The minimum atomic E-state index is -1.12. The number of hydrogen-bond acceptors (Lipinski definition) is 13. The Morgan fingerprint density at radius 1 is 0.544 bits per heavy atom. The molecule has 0 saturated carbocycles. The third kappa shape index (κ3) is 25.2. The summed E-state index contributed by atoms with van der Waals surface area (Å²) in [5.41, 5.74) is 7.64. The highest BCUT2D eigenvalue weighted by Gasteiger charge is 2.26. The number of carbonyl (C=O) groups excluding carboxylic acids is 5. The van der Waals surface area contributed by atoms with Crippen LogP contribution < -0.4 is 31.2 Å². The third-order valence-electron chi connectivity index (χ3n) is 8.69. The van der Waals surface area contributed by atoms with Gasteiger partial charge in [0, 0.05) is 12.8 Å². The summed E-state index contributed by atoms with van der Waals surface area (Å²) in [7, 11) is 2.55. The molecule has 4 atom stereocenters. The number of amides is 3. The van der Waals surface area contributed by atoms with Crippen LogP contribution in [0.2, 0.25) is 0 Å². The van der Waals surface area contributed by atoms with E-state index in [1.54, 1.807) is 43.3 Å². The van der Waals surface area contributed by atoms with Gasteiger partial charge in [0.1, 0.15) is 60.1 Å². The number of carbonyl (C=O) groups is 6. The predicted molar refractivity (Wildman–Crippen MR) is 258 cm³/mol. The number of benzene rings is 4. The van der Waals surface area contributed by atoms with Crippen LogP contribution in [0.3, 0.4) is 0 Å². The molecule has 0 aromatic heterocycles. The predicted octanol–water partition coefficient (Wildman–Crippen LogP) is 7.09. The van der Waals surface area contributed by atoms with Gasteiger partial charge in [-0.3, -0.25) is 9.59 Å². The summed E-state index contributed by atoms with van der Waals surface area (Å²) in [4.78, 5) is 70.5. The normalized spacial score (nSPS) is 12.3. The zero-order valence-corrected chi connectivity index (χ0v) is 41.2. The molecule has 0 fully saturated rings. The molecule has 4 aromatic rings. The molecule has 0 aliphatic heterocycles. The van der Waals surface area contributed by atoms with E-state index in [1.165, 1.54) is 21.1 Å². The minimum Gasteiger partial charge on any atom is -0.488 e. The van der Waals surface area contributed by atoms with Crippen molar-refractivity contribution in [1.29, 1.82) is 0 Å². The van der Waals surface area contributed by atoms with Crippen molar-refractivity contribution in [3.05, 3.63) is 131 Å². The van der Waals surface area contributed by atoms with Crippen molar-refractivity contribution in [1.82, 2.24) is 16.0 Å². The Morgan fingerprint density at radius 3 is 1.24 bits per heavy atom. The first-order chi connectivity index (χ1) is 31.5. The van der Waals surface area contributed by atoms with Crippen molar-refractivity contribution in [2.75, 3.05) is 14.2 Å². The van der Waals surface area contributed by atoms with Gasteiger partial charge in [0.05, 0.1) is 14.2 Å². The maximum atomic E-state index is 12.8. The second kappa shape index (κ2) is 29.7. The number of aliphatic carboxylic acids is 1. The van der Waals surface area contributed by atoms with Crippen molar-refractivity contribution in [3.8, 4) is 11.5 Å². The number of nitrogens with one attached hydrogen (secondary N) is 3. The summed E-state index contributed by atoms with van der Waals surface area (Å²) in [5, 5.41) is 16.9. The Morgan fingerprint density at radius 2 is 0.912 bits per heavy atom. The van der Waals surface area contributed by atoms with Crippen molar-refractivity contribution >= 4 is 48.4 Å². The van der Waals surface area contributed by atoms with Gasteiger partial charge in [-0.1, -0.05) is 84.9 Å². The highest BCUT2D eigenvalue weighted by Crippen LogP contribution is 2.21. The van der Waals surface area contributed by atoms with Crippen LogP contribution in [0.4, 0.5) is 9.59 Å². The maximum Gasteiger partial charge on any atom is 0.408 e. The van der Waals surface area contributed by atoms with E-state index < -0.39 is 54.2 Å². The molecule has 0 heterocycles. The van der Waals surface area contributed by atoms with Crippen LogP contribution in [0.5, 0.6) is 11.5 Å². The highest BCUT2D eigenvalue weighted by atomic mass is 35.5. The summed E-state index contributed by atoms with van der Waals surface area (Å²) < 4.78 is 30.8. The number of rotatable bonds is 17. The fourth-order valence-electron chi connectivity index (χ4n) is 5.52. The van der Waals surface area contributed by atoms with E-state index in [0.717, 1.165) is 22.3 Å². The van der Waals surface area contributed by atoms with Gasteiger partial charge in [0.15, 0.2) is 0 Å². The van der Waals surface area contributed by atoms with Crippen molar-refractivity contribution in [2.24, 2.45) is 5.73 Å². The van der Waals surface area contributed by atoms with E-state index in [1.807, 2.05) is 114 Å². The number of alkyl carbamates (subject to hydrolysis) is 2. The molecule has 0 saturated heterocycles. The molecule has 0 bridgehead atoms. The average molecular weight is 968 g/mol. The quantitative estimate of drug-likeness (QED) is 0.0525. The number of hydrogen-bond donors (Lipinski definition) is 5. The van der Waals surface area contributed by atoms with Crippen LogP contribution >= 0.6 is 12.4 Å². The number of esters is 2. The van der Waals surface area contributed by atoms with Gasteiger partial charge in [-0.25, -0.2) is 19.2 Å². The second-order valence-corrected chi connectivity index (χ2v) is 17.0. The molecule has 4 aromatic carbocycles. The summed E-state index contributed by atoms with van der Waals surface area (Å²) in [6.45, 7) is 14.9. The highest BCUT2D eigenvalue weighted by molar-refractivity contribution is 5.89. The summed E-state index contributed by atoms with van der Waals surface area (Å²) in [6.07, 6.45) is -1.17. The fourth-order valence-corrected chi connectivity index (χ4v) is 5.52. The average Bonchev–Trinajstić information content (AvgIpc) is 3.27. The molecule has 0 radical (unpaired) electrons. The Hall–Kier alpha value is -6.85. The summed E-state index contributed by atoms with van der Waals surface area (Å²) >= 11 is 0. The molecule has 372 valence electrons. The first kappa shape index (κ1) is 59.2. The van der Waals surface area contributed by atoms with Crippen molar-refractivity contribution in [3.63, 3.8) is 0 Å². The van der Waals surface area contributed by atoms with Crippen LogP contribution in [-0.4, -0.2) is 90.7 Å². The molecule has 3 amide bonds. The molecule has 18 heteroatoms. The Bertz CT molecular complexity index is 2140. The van der Waals surface area contributed by atoms with Gasteiger partial charge >= 0.3 is 30.1 Å². The molecule has 17 nitrogen and oxygen atoms in total. The van der Waals surface area contributed by atoms with Crippen LogP contribution in [0.25, 0.3) is 0 Å². The van der Waals surface area contributed by atoms with Crippen molar-refractivity contribution in [2.45, 2.75) is 117 Å². The molecule has 6 N–H and O–H groups in total. The Balaban J connectivity index is 0.000000596. The minimum absolute atomic E-state index is 0. The Labute approximate surface area is 405 Å². The topological polar surface area (TPSA) is 240 Å². The van der Waals surface area contributed by atoms with Crippen molar-refractivity contribution < 1.29 is 62.3 Å². The van der Waals surface area contributed by atoms with Crippen LogP contribution in [0.1, 0.15) is 77.6 Å². The lowest BCUT2D eigenvalue weighted by Gasteiger charge is -2.22. The number of methoxy groups -OCH3 is 2. The van der Waals surface area contributed by atoms with Crippen LogP contribution in [-0.2, 0) is 64.2 Å². The monoisotopic (exact) mass is 966 g/mol. The molecular formula is C50H67ClN4O13. The fraction of sp³-hybridized carbons (Fsp3) is 0.400. The number of carboxylic acids is 1. The summed E-state index contributed by atoms with van der Waals surface area (Å²) in [6, 6.07) is 29.4. The Kier molecular flexibility index (Phi) is 25.9. The largest absolute Gasteiger partial charge is 0.488 e. The van der Waals surface area contributed by atoms with Gasteiger partial charge in [-0.2, -0.15) is 0 Å². The van der Waals surface area contributed by atoms with Gasteiger partial charge in [-0.05, 0) is 102 Å². The van der Waals surface area contributed by atoms with Gasteiger partial charge in [-0.15, -0.1) is 12.4 Å². The number of halogens is 1. The first-order valence-corrected chi connectivity index (χ1v) is 21.4. The molecule has 4 rings (SSSR count). The number of nitrogens with two attached hydrogens (primary N) is 1. The maximum absolute atomic E-state index is 12.8. The van der Waals surface area contributed by atoms with Crippen LogP contribution in [0, 0.1) is 0 Å². The van der Waals surface area contributed by atoms with Gasteiger partial charge in [0.25, 0.3) is 0 Å². The molecule has 0 spiro atoms. The lowest BCUT2D eigenvalue weighted by atomic mass is 10.0. The number of ether oxygens (including phenoxy) is 6. The van der Waals surface area contributed by atoms with E-state index in [-0.39, 0.29) is 55.6 Å². The first-order valence-electron chi connectivity index (χ1n) is 21.4. The van der Waals surface area contributed by atoms with Crippen LogP contribution in [0.15, 0.2) is 109 Å². The van der Waals surface area contributed by atoms with E-state index >= 15 is 0 Å². The number of carboxylic acid groups (broad SMARTS) is 1. The van der Waals surface area contributed by atoms with E-state index in [2.05, 4.69) is 25.4 Å². The molecule has 0 aliphatic rings. The zero-order valence-electron chi connectivity index (χ0n) is 40.4.